The van der Waals surface area contributed by atoms with Crippen molar-refractivity contribution in [3.8, 4) is 5.75 Å². The number of rotatable bonds is 7. The van der Waals surface area contributed by atoms with Crippen LogP contribution in [0.4, 0.5) is 11.4 Å². The summed E-state index contributed by atoms with van der Waals surface area (Å²) < 4.78 is 5.62. The van der Waals surface area contributed by atoms with Crippen LogP contribution in [0, 0.1) is 5.92 Å². The number of anilines is 2. The molecule has 0 saturated heterocycles. The topological polar surface area (TPSA) is 58.6 Å². The molecule has 146 valence electrons. The van der Waals surface area contributed by atoms with Gasteiger partial charge in [-0.1, -0.05) is 18.2 Å². The number of carbonyl (C=O) groups excluding carboxylic acids is 2. The monoisotopic (exact) mass is 378 g/mol. The van der Waals surface area contributed by atoms with E-state index in [9.17, 15) is 9.59 Å². The van der Waals surface area contributed by atoms with Crippen molar-refractivity contribution >= 4 is 23.2 Å². The molecule has 1 aliphatic carbocycles. The molecule has 0 bridgehead atoms. The van der Waals surface area contributed by atoms with E-state index in [0.717, 1.165) is 54.9 Å². The molecule has 1 fully saturated rings. The predicted molar refractivity (Wildman–Crippen MR) is 110 cm³/mol. The lowest BCUT2D eigenvalue weighted by Crippen LogP contribution is -2.36. The highest BCUT2D eigenvalue weighted by molar-refractivity contribution is 5.98. The SMILES string of the molecule is O=C(CCCOc1ccccc1)Nc1ccc2c(c1)CCCN2C(=O)C1CC1. The van der Waals surface area contributed by atoms with Gasteiger partial charge in [0.15, 0.2) is 0 Å². The Kier molecular flexibility index (Phi) is 5.60. The fraction of sp³-hybridized carbons (Fsp3) is 0.391. The third-order valence-electron chi connectivity index (χ3n) is 5.23. The molecule has 0 unspecified atom stereocenters. The van der Waals surface area contributed by atoms with Gasteiger partial charge >= 0.3 is 0 Å². The minimum atomic E-state index is -0.0154. The first kappa shape index (κ1) is 18.5. The summed E-state index contributed by atoms with van der Waals surface area (Å²) in [4.78, 5) is 26.6. The van der Waals surface area contributed by atoms with Crippen LogP contribution in [0.15, 0.2) is 48.5 Å². The average molecular weight is 378 g/mol. The number of amides is 2. The number of benzene rings is 2. The summed E-state index contributed by atoms with van der Waals surface area (Å²) in [7, 11) is 0. The highest BCUT2D eigenvalue weighted by atomic mass is 16.5. The van der Waals surface area contributed by atoms with Crippen molar-refractivity contribution in [2.24, 2.45) is 5.92 Å². The molecule has 2 aliphatic rings. The van der Waals surface area contributed by atoms with Gasteiger partial charge in [-0.3, -0.25) is 9.59 Å². The Morgan fingerprint density at radius 1 is 1.11 bits per heavy atom. The van der Waals surface area contributed by atoms with Crippen molar-refractivity contribution in [3.63, 3.8) is 0 Å². The predicted octanol–water partition coefficient (Wildman–Crippen LogP) is 4.17. The van der Waals surface area contributed by atoms with Crippen LogP contribution in [0.2, 0.25) is 0 Å². The molecule has 1 aliphatic heterocycles. The lowest BCUT2D eigenvalue weighted by molar-refractivity contribution is -0.120. The standard InChI is InChI=1S/C23H26N2O3/c26-22(9-5-15-28-20-7-2-1-3-8-20)24-19-12-13-21-18(16-19)6-4-14-25(21)23(27)17-10-11-17/h1-3,7-8,12-13,16-17H,4-6,9-11,14-15H2,(H,24,26). The molecular formula is C23H26N2O3. The summed E-state index contributed by atoms with van der Waals surface area (Å²) >= 11 is 0. The van der Waals surface area contributed by atoms with Gasteiger partial charge in [0.1, 0.15) is 5.75 Å². The van der Waals surface area contributed by atoms with Crippen molar-refractivity contribution in [2.75, 3.05) is 23.4 Å². The Balaban J connectivity index is 1.29. The Labute approximate surface area is 165 Å². The van der Waals surface area contributed by atoms with Gasteiger partial charge < -0.3 is 15.0 Å². The van der Waals surface area contributed by atoms with Gasteiger partial charge in [0.05, 0.1) is 6.61 Å². The summed E-state index contributed by atoms with van der Waals surface area (Å²) in [6.07, 6.45) is 5.03. The van der Waals surface area contributed by atoms with Gasteiger partial charge in [-0.15, -0.1) is 0 Å². The molecule has 5 nitrogen and oxygen atoms in total. The van der Waals surface area contributed by atoms with Crippen molar-refractivity contribution in [1.82, 2.24) is 0 Å². The number of hydrogen-bond donors (Lipinski definition) is 1. The van der Waals surface area contributed by atoms with Gasteiger partial charge in [0, 0.05) is 30.3 Å². The largest absolute Gasteiger partial charge is 0.494 e. The molecule has 1 heterocycles. The Morgan fingerprint density at radius 2 is 1.93 bits per heavy atom. The van der Waals surface area contributed by atoms with Crippen LogP contribution in [0.25, 0.3) is 0 Å². The molecule has 0 radical (unpaired) electrons. The zero-order valence-corrected chi connectivity index (χ0v) is 16.0. The van der Waals surface area contributed by atoms with E-state index in [-0.39, 0.29) is 17.7 Å². The first-order chi connectivity index (χ1) is 13.7. The van der Waals surface area contributed by atoms with Crippen LogP contribution in [-0.4, -0.2) is 25.0 Å². The highest BCUT2D eigenvalue weighted by Crippen LogP contribution is 2.36. The van der Waals surface area contributed by atoms with Crippen LogP contribution < -0.4 is 15.0 Å². The summed E-state index contributed by atoms with van der Waals surface area (Å²) in [6, 6.07) is 15.5. The molecule has 1 N–H and O–H groups in total. The van der Waals surface area contributed by atoms with Crippen LogP contribution in [0.1, 0.15) is 37.7 Å². The first-order valence-corrected chi connectivity index (χ1v) is 10.1. The molecule has 2 aromatic rings. The molecule has 5 heteroatoms. The van der Waals surface area contributed by atoms with E-state index in [1.54, 1.807) is 0 Å². The van der Waals surface area contributed by atoms with Gasteiger partial charge in [-0.2, -0.15) is 0 Å². The summed E-state index contributed by atoms with van der Waals surface area (Å²) in [5, 5.41) is 2.97. The smallest absolute Gasteiger partial charge is 0.230 e. The molecule has 1 saturated carbocycles. The number of nitrogens with one attached hydrogen (secondary N) is 1. The van der Waals surface area contributed by atoms with E-state index in [1.807, 2.05) is 53.4 Å². The van der Waals surface area contributed by atoms with Crippen LogP contribution in [0.5, 0.6) is 5.75 Å². The highest BCUT2D eigenvalue weighted by Gasteiger charge is 2.35. The van der Waals surface area contributed by atoms with E-state index in [2.05, 4.69) is 5.32 Å². The molecule has 4 rings (SSSR count). The number of fused-ring (bicyclic) bond motifs is 1. The molecule has 0 spiro atoms. The third kappa shape index (κ3) is 4.53. The lowest BCUT2D eigenvalue weighted by atomic mass is 10.0. The summed E-state index contributed by atoms with van der Waals surface area (Å²) in [5.41, 5.74) is 2.95. The fourth-order valence-corrected chi connectivity index (χ4v) is 3.62. The Hall–Kier alpha value is -2.82. The second-order valence-electron chi connectivity index (χ2n) is 7.52. The van der Waals surface area contributed by atoms with Gasteiger partial charge in [0.25, 0.3) is 0 Å². The van der Waals surface area contributed by atoms with Gasteiger partial charge in [-0.05, 0) is 68.0 Å². The van der Waals surface area contributed by atoms with Crippen LogP contribution in [-0.2, 0) is 16.0 Å². The van der Waals surface area contributed by atoms with Crippen LogP contribution in [0.3, 0.4) is 0 Å². The minimum Gasteiger partial charge on any atom is -0.494 e. The quantitative estimate of drug-likeness (QED) is 0.736. The summed E-state index contributed by atoms with van der Waals surface area (Å²) in [5.74, 6) is 1.29. The van der Waals surface area contributed by atoms with Gasteiger partial charge in [-0.25, -0.2) is 0 Å². The van der Waals surface area contributed by atoms with E-state index < -0.39 is 0 Å². The lowest BCUT2D eigenvalue weighted by Gasteiger charge is -2.30. The number of aryl methyl sites for hydroxylation is 1. The second kappa shape index (κ2) is 8.46. The molecule has 0 aromatic heterocycles. The Bertz CT molecular complexity index is 846. The number of carbonyl (C=O) groups is 2. The van der Waals surface area contributed by atoms with E-state index in [0.29, 0.717) is 19.4 Å². The second-order valence-corrected chi connectivity index (χ2v) is 7.52. The normalized spacial score (nSPS) is 15.6. The number of hydrogen-bond acceptors (Lipinski definition) is 3. The van der Waals surface area contributed by atoms with Crippen molar-refractivity contribution in [1.29, 1.82) is 0 Å². The molecule has 0 atom stereocenters. The fourth-order valence-electron chi connectivity index (χ4n) is 3.62. The van der Waals surface area contributed by atoms with Crippen molar-refractivity contribution < 1.29 is 14.3 Å². The number of nitrogens with zero attached hydrogens (tertiary/aromatic N) is 1. The third-order valence-corrected chi connectivity index (χ3v) is 5.23. The average Bonchev–Trinajstić information content (AvgIpc) is 3.56. The van der Waals surface area contributed by atoms with E-state index >= 15 is 0 Å². The molecular weight excluding hydrogens is 352 g/mol. The zero-order chi connectivity index (χ0) is 19.3. The Morgan fingerprint density at radius 3 is 2.71 bits per heavy atom. The first-order valence-electron chi connectivity index (χ1n) is 10.1. The molecule has 28 heavy (non-hydrogen) atoms. The zero-order valence-electron chi connectivity index (χ0n) is 16.0. The minimum absolute atomic E-state index is 0.0154. The number of para-hydroxylation sites is 1. The molecule has 2 aromatic carbocycles. The van der Waals surface area contributed by atoms with Crippen molar-refractivity contribution in [2.45, 2.75) is 38.5 Å². The maximum atomic E-state index is 12.5. The molecule has 2 amide bonds. The van der Waals surface area contributed by atoms with E-state index in [4.69, 9.17) is 4.74 Å². The maximum absolute atomic E-state index is 12.5. The van der Waals surface area contributed by atoms with Crippen molar-refractivity contribution in [3.05, 3.63) is 54.1 Å². The number of ether oxygens (including phenoxy) is 1. The maximum Gasteiger partial charge on any atom is 0.230 e. The van der Waals surface area contributed by atoms with E-state index in [1.165, 1.54) is 0 Å². The van der Waals surface area contributed by atoms with Gasteiger partial charge in [0.2, 0.25) is 11.8 Å². The summed E-state index contributed by atoms with van der Waals surface area (Å²) in [6.45, 7) is 1.31. The van der Waals surface area contributed by atoms with Crippen LogP contribution >= 0.6 is 0 Å².